The lowest BCUT2D eigenvalue weighted by Crippen LogP contribution is -2.64. The fourth-order valence-corrected chi connectivity index (χ4v) is 43.6. The van der Waals surface area contributed by atoms with E-state index in [1.54, 1.807) is 20.8 Å². The van der Waals surface area contributed by atoms with Gasteiger partial charge in [-0.3, -0.25) is 4.79 Å². The van der Waals surface area contributed by atoms with E-state index in [1.807, 2.05) is 72.8 Å². The van der Waals surface area contributed by atoms with Gasteiger partial charge in [-0.2, -0.15) is 54.5 Å². The number of nitrogens with zero attached hydrogens (tertiary/aromatic N) is 11. The number of aryl methyl sites for hydroxylation is 3. The molecule has 6 aromatic heterocycles. The number of carbonyl (C=O) groups is 1. The third-order valence-electron chi connectivity index (χ3n) is 24.3. The summed E-state index contributed by atoms with van der Waals surface area (Å²) < 4.78 is 163. The number of hydrogen-bond donors (Lipinski definition) is 8. The van der Waals surface area contributed by atoms with Gasteiger partial charge in [0.15, 0.2) is 5.78 Å². The number of aromatic nitrogens is 9. The first-order chi connectivity index (χ1) is 61.2. The zero-order valence-corrected chi connectivity index (χ0v) is 83.2. The second-order valence-corrected chi connectivity index (χ2v) is 56.7. The molecule has 3 aromatic carbocycles. The molecule has 710 valence electrons. The highest BCUT2D eigenvalue weighted by molar-refractivity contribution is 7.22. The second-order valence-electron chi connectivity index (χ2n) is 36.0. The molecule has 5 fully saturated rings. The number of aliphatic hydroxyl groups is 2. The number of hydrogen-bond acceptors (Lipinski definition) is 31. The molecule has 5 aliphatic rings. The first kappa shape index (κ1) is 101. The maximum Gasteiger partial charge on any atom is 0.405 e. The van der Waals surface area contributed by atoms with Crippen LogP contribution in [-0.2, 0) is 40.4 Å². The SMILES string of the molecule is CON=C1[C@H](Nc2nc(NCC(F)(F)F)nc(C)c2-c2nc3ccccc3s2)C[C@@H]2CO[Si](C(C)C)(C(C)C)O[Si](C(C)C)(C(C)C)O[C@@H]12.CON=C1[C@H](Nc2nc(NCC(F)(F)F)nc(C)c2-c2nc3ccccc3s2)C[C@H](CO)[C@H]1O.Cc1nc(NCC(F)(F)F)nc(N[C@@H]2C[C@@H]3CO[Si](C(C)C)(C(C)C)O[Si](C(C)C)(C(C)C)O[C@H]3C2=O)c1-c1nc2ccccc2s1. The van der Waals surface area contributed by atoms with Gasteiger partial charge in [0, 0.05) is 37.6 Å². The van der Waals surface area contributed by atoms with Crippen molar-refractivity contribution in [2.24, 2.45) is 28.1 Å². The Morgan fingerprint density at radius 1 is 0.438 bits per heavy atom. The van der Waals surface area contributed by atoms with E-state index >= 15 is 0 Å². The van der Waals surface area contributed by atoms with Crippen LogP contribution >= 0.6 is 34.0 Å². The van der Waals surface area contributed by atoms with Crippen LogP contribution in [-0.4, -0.2) is 215 Å². The number of alkyl halides is 9. The molecule has 8 heterocycles. The van der Waals surface area contributed by atoms with Crippen molar-refractivity contribution >= 4 is 151 Å². The van der Waals surface area contributed by atoms with Gasteiger partial charge in [-0.15, -0.1) is 34.0 Å². The Morgan fingerprint density at radius 3 is 1.07 bits per heavy atom. The van der Waals surface area contributed by atoms with Crippen LogP contribution in [0.2, 0.25) is 44.3 Å². The van der Waals surface area contributed by atoms with Gasteiger partial charge < -0.3 is 77.7 Å². The second kappa shape index (κ2) is 41.0. The average molecular weight is 1950 g/mol. The molecule has 2 saturated heterocycles. The topological polar surface area (TPSA) is 344 Å². The number of thiazole rings is 3. The number of Topliss-reactive ketones (excluding diaryl/α,β-unsaturated/α-hetero) is 1. The molecule has 0 amide bonds. The number of para-hydroxylation sites is 3. The fourth-order valence-electron chi connectivity index (χ4n) is 17.9. The van der Waals surface area contributed by atoms with Gasteiger partial charge >= 0.3 is 52.8 Å². The number of anilines is 6. The number of fused-ring (bicyclic) bond motifs is 5. The fraction of sp³-hybridized carbons (Fsp3) is 0.581. The Labute approximate surface area is 767 Å². The third kappa shape index (κ3) is 22.1. The molecule has 14 rings (SSSR count). The maximum atomic E-state index is 14.3. The Hall–Kier alpha value is -8.10. The number of oxime groups is 2. The van der Waals surface area contributed by atoms with Crippen LogP contribution in [0.3, 0.4) is 0 Å². The Bertz CT molecular complexity index is 5370. The van der Waals surface area contributed by atoms with Gasteiger partial charge in [0.25, 0.3) is 0 Å². The van der Waals surface area contributed by atoms with E-state index in [0.29, 0.717) is 92.8 Å². The van der Waals surface area contributed by atoms with Crippen LogP contribution in [0.15, 0.2) is 83.1 Å². The van der Waals surface area contributed by atoms with Gasteiger partial charge in [0.2, 0.25) is 17.8 Å². The van der Waals surface area contributed by atoms with Crippen molar-refractivity contribution in [3.63, 3.8) is 0 Å². The number of carbonyl (C=O) groups excluding carboxylic acids is 1. The molecule has 130 heavy (non-hydrogen) atoms. The smallest absolute Gasteiger partial charge is 0.405 e. The Morgan fingerprint density at radius 2 is 0.746 bits per heavy atom. The molecule has 0 unspecified atom stereocenters. The zero-order chi connectivity index (χ0) is 94.8. The van der Waals surface area contributed by atoms with E-state index in [1.165, 1.54) is 48.2 Å². The predicted molar refractivity (Wildman–Crippen MR) is 501 cm³/mol. The summed E-state index contributed by atoms with van der Waals surface area (Å²) in [5, 5.41) is 47.3. The lowest BCUT2D eigenvalue weighted by Gasteiger charge is -2.51. The van der Waals surface area contributed by atoms with Crippen molar-refractivity contribution in [2.75, 3.05) is 85.6 Å². The molecule has 2 aliphatic heterocycles. The molecular weight excluding hydrogens is 1830 g/mol. The molecule has 0 radical (unpaired) electrons. The van der Waals surface area contributed by atoms with E-state index in [9.17, 15) is 54.5 Å². The molecule has 3 saturated carbocycles. The van der Waals surface area contributed by atoms with Crippen LogP contribution in [0.25, 0.3) is 62.4 Å². The number of aliphatic hydroxyl groups excluding tert-OH is 2. The van der Waals surface area contributed by atoms with Crippen LogP contribution in [0.1, 0.15) is 147 Å². The zero-order valence-electron chi connectivity index (χ0n) is 76.7. The highest BCUT2D eigenvalue weighted by Crippen LogP contribution is 2.53. The van der Waals surface area contributed by atoms with E-state index in [4.69, 9.17) is 45.6 Å². The minimum Gasteiger partial charge on any atom is -0.414 e. The molecule has 28 nitrogen and oxygen atoms in total. The minimum atomic E-state index is -4.46. The summed E-state index contributed by atoms with van der Waals surface area (Å²) in [6.07, 6.45) is -14.3. The first-order valence-electron chi connectivity index (χ1n) is 43.7. The van der Waals surface area contributed by atoms with Crippen molar-refractivity contribution in [3.05, 3.63) is 89.9 Å². The minimum absolute atomic E-state index is 0.0615. The van der Waals surface area contributed by atoms with Gasteiger partial charge in [-0.25, -0.2) is 29.9 Å². The highest BCUT2D eigenvalue weighted by atomic mass is 32.1. The van der Waals surface area contributed by atoms with Crippen molar-refractivity contribution in [1.29, 1.82) is 0 Å². The summed E-state index contributed by atoms with van der Waals surface area (Å²) in [6, 6.07) is 21.2. The molecule has 9 atom stereocenters. The van der Waals surface area contributed by atoms with E-state index in [0.717, 1.165) is 30.6 Å². The van der Waals surface area contributed by atoms with E-state index in [-0.39, 0.29) is 104 Å². The molecule has 0 bridgehead atoms. The van der Waals surface area contributed by atoms with Crippen molar-refractivity contribution in [2.45, 2.75) is 250 Å². The molecular formula is C86H118F9N17O11S3Si4. The summed E-state index contributed by atoms with van der Waals surface area (Å²) in [6.45, 7) is 36.2. The van der Waals surface area contributed by atoms with E-state index < -0.39 is 115 Å². The normalized spacial score (nSPS) is 22.9. The van der Waals surface area contributed by atoms with Crippen molar-refractivity contribution in [1.82, 2.24) is 44.9 Å². The maximum absolute atomic E-state index is 14.3. The highest BCUT2D eigenvalue weighted by Gasteiger charge is 2.64. The monoisotopic (exact) mass is 1940 g/mol. The first-order valence-corrected chi connectivity index (χ1v) is 54.0. The molecule has 0 spiro atoms. The van der Waals surface area contributed by atoms with Crippen LogP contribution in [0.5, 0.6) is 0 Å². The standard InChI is InChI=1S/C33H49F3N6O4SSi2.C32H46F3N5O4SSi2.C21H23F3N6O3S/c1-18(2)48(19(3)4)44-16-23-15-25(28(42-43-10)29(23)45-49(46-48,20(5)6)21(7)8)39-30-27(31-40-24-13-11-12-14-26(24)47-31)22(9)38-32(41-30)37-17-33(34,35)36;1-17(2)46(18(3)4)42-15-22-14-24(27(41)28(22)43-47(44-46,19(5)6)20(7)8)38-29-26(30-39-23-12-10-11-13-25(23)45-30)21(9)37-31(40-29)36-16-32(33,34)35;1-10-15(19-28-12-5-3-4-6-14(12)34-19)18(29-20(26-10)25-9-21(22,23)24)27-13-7-11(8-31)17(32)16(13)30-33-2/h11-14,18-21,23,25,29H,15-17H2,1-10H3,(H2,37,38,39,41);10-13,17-20,22,24,28H,14-16H2,1-9H3,(H2,36,37,38,40);3-6,11,13,17,31-32H,7-9H2,1-2H3,(H2,25,26,27,29)/t23-,25-,29-;22-,24-,28-;11-,13-,17-/m111/s1. The number of ketones is 1. The summed E-state index contributed by atoms with van der Waals surface area (Å²) in [7, 11) is -8.71. The van der Waals surface area contributed by atoms with Gasteiger partial charge in [0.05, 0.1) is 88.7 Å². The van der Waals surface area contributed by atoms with Gasteiger partial charge in [-0.1, -0.05) is 157 Å². The van der Waals surface area contributed by atoms with Crippen LogP contribution in [0, 0.1) is 38.5 Å². The number of rotatable bonds is 26. The molecule has 3 aliphatic carbocycles. The summed E-state index contributed by atoms with van der Waals surface area (Å²) in [5.74, 6) is -0.637. The molecule has 8 N–H and O–H groups in total. The predicted octanol–water partition coefficient (Wildman–Crippen LogP) is 20.3. The van der Waals surface area contributed by atoms with Crippen molar-refractivity contribution < 1.29 is 90.1 Å². The Balaban J connectivity index is 0.000000179. The lowest BCUT2D eigenvalue weighted by atomic mass is 10.1. The Kier molecular flexibility index (Phi) is 31.8. The van der Waals surface area contributed by atoms with Crippen LogP contribution in [0.4, 0.5) is 74.8 Å². The summed E-state index contributed by atoms with van der Waals surface area (Å²) in [4.78, 5) is 65.3. The summed E-state index contributed by atoms with van der Waals surface area (Å²) in [5.41, 5.74) is 7.37. The number of benzene rings is 3. The summed E-state index contributed by atoms with van der Waals surface area (Å²) >= 11 is 4.30. The lowest BCUT2D eigenvalue weighted by molar-refractivity contribution is -0.127. The third-order valence-corrected chi connectivity index (χ3v) is 47.9. The number of halogens is 9. The van der Waals surface area contributed by atoms with E-state index in [2.05, 4.69) is 188 Å². The van der Waals surface area contributed by atoms with Crippen LogP contribution < -0.4 is 31.9 Å². The van der Waals surface area contributed by atoms with Crippen molar-refractivity contribution in [3.8, 4) is 31.7 Å². The van der Waals surface area contributed by atoms with Gasteiger partial charge in [-0.05, 0) is 121 Å². The molecule has 9 aromatic rings. The largest absolute Gasteiger partial charge is 0.414 e. The average Bonchev–Trinajstić information content (AvgIpc) is 1.47. The van der Waals surface area contributed by atoms with Gasteiger partial charge in [0.1, 0.15) is 90.0 Å². The quantitative estimate of drug-likeness (QED) is 0.0142. The molecule has 44 heteroatoms. The number of nitrogens with one attached hydrogen (secondary N) is 6.